The molecule has 0 aromatic carbocycles. The molecule has 3 rings (SSSR count). The van der Waals surface area contributed by atoms with Crippen molar-refractivity contribution in [1.29, 1.82) is 0 Å². The lowest BCUT2D eigenvalue weighted by atomic mass is 9.97. The van der Waals surface area contributed by atoms with E-state index in [0.29, 0.717) is 0 Å². The first kappa shape index (κ1) is 19.1. The molecule has 1 fully saturated rings. The molecule has 0 saturated carbocycles. The molecule has 5 heteroatoms. The van der Waals surface area contributed by atoms with Gasteiger partial charge in [0.1, 0.15) is 0 Å². The van der Waals surface area contributed by atoms with Gasteiger partial charge in [-0.2, -0.15) is 0 Å². The van der Waals surface area contributed by atoms with Gasteiger partial charge < -0.3 is 5.32 Å². The van der Waals surface area contributed by atoms with Gasteiger partial charge in [0.2, 0.25) is 5.91 Å². The average molecular weight is 357 g/mol. The van der Waals surface area contributed by atoms with Gasteiger partial charge in [0.15, 0.2) is 0 Å². The quantitative estimate of drug-likeness (QED) is 0.763. The maximum atomic E-state index is 12.5. The fourth-order valence-corrected chi connectivity index (χ4v) is 3.82. The van der Waals surface area contributed by atoms with Gasteiger partial charge in [0, 0.05) is 45.5 Å². The molecule has 1 N–H and O–H groups in total. The van der Waals surface area contributed by atoms with Gasteiger partial charge in [-0.15, -0.1) is 0 Å². The van der Waals surface area contributed by atoms with E-state index < -0.39 is 0 Å². The van der Waals surface area contributed by atoms with Crippen LogP contribution >= 0.6 is 0 Å². The number of carbonyl (C=O) groups excluding carboxylic acids is 1. The summed E-state index contributed by atoms with van der Waals surface area (Å²) < 4.78 is 0. The van der Waals surface area contributed by atoms with Crippen molar-refractivity contribution in [2.24, 2.45) is 0 Å². The summed E-state index contributed by atoms with van der Waals surface area (Å²) in [5.41, 5.74) is 2.64. The van der Waals surface area contributed by atoms with Crippen LogP contribution in [-0.2, 0) is 11.3 Å². The van der Waals surface area contributed by atoms with Crippen LogP contribution in [0.15, 0.2) is 36.0 Å². The molecule has 0 bridgehead atoms. The highest BCUT2D eigenvalue weighted by molar-refractivity contribution is 5.81. The van der Waals surface area contributed by atoms with Gasteiger partial charge in [-0.3, -0.25) is 19.6 Å². The zero-order valence-corrected chi connectivity index (χ0v) is 16.0. The second-order valence-corrected chi connectivity index (χ2v) is 7.46. The first-order chi connectivity index (χ1) is 12.7. The number of nitrogens with zero attached hydrogens (tertiary/aromatic N) is 3. The topological polar surface area (TPSA) is 48.5 Å². The van der Waals surface area contributed by atoms with Crippen molar-refractivity contribution in [3.8, 4) is 0 Å². The molecule has 142 valence electrons. The molecule has 2 heterocycles. The number of hydrogen-bond acceptors (Lipinski definition) is 4. The van der Waals surface area contributed by atoms with E-state index in [-0.39, 0.29) is 11.9 Å². The second-order valence-electron chi connectivity index (χ2n) is 7.46. The van der Waals surface area contributed by atoms with E-state index >= 15 is 0 Å². The van der Waals surface area contributed by atoms with Crippen LogP contribution in [-0.4, -0.2) is 59.5 Å². The largest absolute Gasteiger partial charge is 0.354 e. The van der Waals surface area contributed by atoms with Crippen molar-refractivity contribution in [1.82, 2.24) is 20.1 Å². The summed E-state index contributed by atoms with van der Waals surface area (Å²) in [5, 5.41) is 3.13. The Morgan fingerprint density at radius 2 is 2.08 bits per heavy atom. The van der Waals surface area contributed by atoms with Crippen LogP contribution in [0.1, 0.15) is 44.7 Å². The molecular formula is C21H32N4O. The molecule has 1 aromatic rings. The fraction of sp³-hybridized carbons (Fsp3) is 0.619. The van der Waals surface area contributed by atoms with Crippen LogP contribution in [0, 0.1) is 0 Å². The van der Waals surface area contributed by atoms with E-state index in [9.17, 15) is 4.79 Å². The van der Waals surface area contributed by atoms with Crippen molar-refractivity contribution in [2.45, 2.75) is 51.6 Å². The predicted molar refractivity (Wildman–Crippen MR) is 105 cm³/mol. The second kappa shape index (κ2) is 9.83. The molecule has 1 atom stereocenters. The average Bonchev–Trinajstić information content (AvgIpc) is 2.69. The third kappa shape index (κ3) is 5.64. The number of hydrogen-bond donors (Lipinski definition) is 1. The normalized spacial score (nSPS) is 20.4. The van der Waals surface area contributed by atoms with Crippen molar-refractivity contribution in [3.05, 3.63) is 41.7 Å². The summed E-state index contributed by atoms with van der Waals surface area (Å²) in [6.45, 7) is 7.55. The zero-order valence-electron chi connectivity index (χ0n) is 16.0. The Bertz CT molecular complexity index is 593. The highest BCUT2D eigenvalue weighted by Crippen LogP contribution is 2.19. The minimum atomic E-state index is -0.0488. The van der Waals surface area contributed by atoms with Crippen LogP contribution in [0.2, 0.25) is 0 Å². The Balaban J connectivity index is 1.36. The third-order valence-corrected chi connectivity index (χ3v) is 5.58. The number of allylic oxidation sites excluding steroid dienone is 1. The van der Waals surface area contributed by atoms with Crippen LogP contribution in [0.25, 0.3) is 0 Å². The lowest BCUT2D eigenvalue weighted by Crippen LogP contribution is -2.53. The minimum Gasteiger partial charge on any atom is -0.354 e. The lowest BCUT2D eigenvalue weighted by Gasteiger charge is -2.37. The molecule has 1 aliphatic heterocycles. The molecule has 26 heavy (non-hydrogen) atoms. The molecule has 1 aliphatic carbocycles. The van der Waals surface area contributed by atoms with E-state index in [4.69, 9.17) is 0 Å². The summed E-state index contributed by atoms with van der Waals surface area (Å²) in [6, 6.07) is 6.01. The summed E-state index contributed by atoms with van der Waals surface area (Å²) in [7, 11) is 0. The lowest BCUT2D eigenvalue weighted by molar-refractivity contribution is -0.126. The summed E-state index contributed by atoms with van der Waals surface area (Å²) in [4.78, 5) is 21.6. The summed E-state index contributed by atoms with van der Waals surface area (Å²) in [5.74, 6) is 0.166. The Labute approximate surface area is 157 Å². The van der Waals surface area contributed by atoms with E-state index in [2.05, 4.69) is 32.2 Å². The molecular weight excluding hydrogens is 324 g/mol. The number of carbonyl (C=O) groups is 1. The van der Waals surface area contributed by atoms with Crippen molar-refractivity contribution in [3.63, 3.8) is 0 Å². The predicted octanol–water partition coefficient (Wildman–Crippen LogP) is 2.59. The van der Waals surface area contributed by atoms with E-state index in [1.54, 1.807) is 0 Å². The Kier molecular flexibility index (Phi) is 7.21. The summed E-state index contributed by atoms with van der Waals surface area (Å²) >= 11 is 0. The van der Waals surface area contributed by atoms with E-state index in [1.165, 1.54) is 31.3 Å². The number of rotatable bonds is 7. The standard InChI is InChI=1S/C21H32N4O/c1-18(21(26)23-12-10-19-7-3-2-4-8-19)25-15-13-24(14-16-25)17-20-9-5-6-11-22-20/h5-7,9,11,18H,2-4,8,10,12-17H2,1H3,(H,23,26). The van der Waals surface area contributed by atoms with E-state index in [1.807, 2.05) is 25.3 Å². The van der Waals surface area contributed by atoms with Crippen LogP contribution in [0.4, 0.5) is 0 Å². The summed E-state index contributed by atoms with van der Waals surface area (Å²) in [6.07, 6.45) is 10.3. The molecule has 0 radical (unpaired) electrons. The minimum absolute atomic E-state index is 0.0488. The number of pyridine rings is 1. The Hall–Kier alpha value is -1.72. The van der Waals surface area contributed by atoms with Gasteiger partial charge in [0.25, 0.3) is 0 Å². The van der Waals surface area contributed by atoms with Gasteiger partial charge in [-0.1, -0.05) is 17.7 Å². The molecule has 0 spiro atoms. The number of nitrogens with one attached hydrogen (secondary N) is 1. The van der Waals surface area contributed by atoms with Gasteiger partial charge in [-0.25, -0.2) is 0 Å². The Morgan fingerprint density at radius 1 is 1.23 bits per heavy atom. The van der Waals surface area contributed by atoms with Crippen molar-refractivity contribution >= 4 is 5.91 Å². The SMILES string of the molecule is CC(C(=O)NCCC1=CCCCC1)N1CCN(Cc2ccccn2)CC1. The maximum absolute atomic E-state index is 12.5. The van der Waals surface area contributed by atoms with Crippen LogP contribution in [0.5, 0.6) is 0 Å². The highest BCUT2D eigenvalue weighted by atomic mass is 16.2. The Morgan fingerprint density at radius 3 is 2.77 bits per heavy atom. The van der Waals surface area contributed by atoms with Gasteiger partial charge in [0.05, 0.1) is 11.7 Å². The molecule has 2 aliphatic rings. The number of aromatic nitrogens is 1. The fourth-order valence-electron chi connectivity index (χ4n) is 3.82. The number of piperazine rings is 1. The van der Waals surface area contributed by atoms with E-state index in [0.717, 1.165) is 51.4 Å². The molecule has 5 nitrogen and oxygen atoms in total. The maximum Gasteiger partial charge on any atom is 0.237 e. The molecule has 1 saturated heterocycles. The smallest absolute Gasteiger partial charge is 0.237 e. The van der Waals surface area contributed by atoms with Gasteiger partial charge in [-0.05, 0) is 51.2 Å². The molecule has 1 unspecified atom stereocenters. The molecule has 1 aromatic heterocycles. The first-order valence-corrected chi connectivity index (χ1v) is 10.0. The third-order valence-electron chi connectivity index (χ3n) is 5.58. The zero-order chi connectivity index (χ0) is 18.2. The first-order valence-electron chi connectivity index (χ1n) is 10.0. The highest BCUT2D eigenvalue weighted by Gasteiger charge is 2.25. The van der Waals surface area contributed by atoms with Crippen molar-refractivity contribution in [2.75, 3.05) is 32.7 Å². The van der Waals surface area contributed by atoms with Crippen molar-refractivity contribution < 1.29 is 4.79 Å². The monoisotopic (exact) mass is 356 g/mol. The van der Waals surface area contributed by atoms with Crippen LogP contribution in [0.3, 0.4) is 0 Å². The molecule has 1 amide bonds. The van der Waals surface area contributed by atoms with Gasteiger partial charge >= 0.3 is 0 Å². The number of amides is 1. The van der Waals surface area contributed by atoms with Crippen LogP contribution < -0.4 is 5.32 Å².